The van der Waals surface area contributed by atoms with Crippen LogP contribution >= 0.6 is 0 Å². The summed E-state index contributed by atoms with van der Waals surface area (Å²) in [6.45, 7) is 12.4. The molecule has 0 saturated heterocycles. The molecule has 1 aromatic rings. The molecule has 0 radical (unpaired) electrons. The molecule has 1 atom stereocenters. The molecular weight excluding hydrogens is 366 g/mol. The highest BCUT2D eigenvalue weighted by Gasteiger charge is 2.18. The highest BCUT2D eigenvalue weighted by Crippen LogP contribution is 2.35. The quantitative estimate of drug-likeness (QED) is 0.262. The minimum Gasteiger partial charge on any atom is -0.491 e. The van der Waals surface area contributed by atoms with E-state index in [-0.39, 0.29) is 12.6 Å². The SMILES string of the molecule is CCCCCCCCc1c(C)c(OCC(O)CNC(C)C)cc(C)c1OC(C)=O. The molecule has 5 nitrogen and oxygen atoms in total. The topological polar surface area (TPSA) is 67.8 Å². The number of benzene rings is 1. The molecule has 1 unspecified atom stereocenters. The first kappa shape index (κ1) is 25.4. The van der Waals surface area contributed by atoms with Gasteiger partial charge >= 0.3 is 5.97 Å². The summed E-state index contributed by atoms with van der Waals surface area (Å²) in [5, 5.41) is 13.4. The van der Waals surface area contributed by atoms with E-state index in [1.807, 2.05) is 33.8 Å². The summed E-state index contributed by atoms with van der Waals surface area (Å²) in [6.07, 6.45) is 7.55. The van der Waals surface area contributed by atoms with Gasteiger partial charge in [0.15, 0.2) is 0 Å². The highest BCUT2D eigenvalue weighted by molar-refractivity contribution is 5.71. The maximum absolute atomic E-state index is 11.6. The fourth-order valence-corrected chi connectivity index (χ4v) is 3.36. The third-order valence-corrected chi connectivity index (χ3v) is 5.02. The predicted molar refractivity (Wildman–Crippen MR) is 119 cm³/mol. The average molecular weight is 408 g/mol. The number of aliphatic hydroxyl groups excluding tert-OH is 1. The first-order valence-electron chi connectivity index (χ1n) is 11.1. The van der Waals surface area contributed by atoms with E-state index in [1.54, 1.807) is 0 Å². The van der Waals surface area contributed by atoms with Crippen molar-refractivity contribution in [2.45, 2.75) is 98.6 Å². The molecule has 0 aliphatic rings. The van der Waals surface area contributed by atoms with Gasteiger partial charge in [-0.25, -0.2) is 0 Å². The summed E-state index contributed by atoms with van der Waals surface area (Å²) < 4.78 is 11.5. The summed E-state index contributed by atoms with van der Waals surface area (Å²) in [4.78, 5) is 11.6. The molecule has 0 heterocycles. The van der Waals surface area contributed by atoms with Gasteiger partial charge in [-0.15, -0.1) is 0 Å². The smallest absolute Gasteiger partial charge is 0.308 e. The highest BCUT2D eigenvalue weighted by atomic mass is 16.5. The van der Waals surface area contributed by atoms with Gasteiger partial charge in [0.05, 0.1) is 0 Å². The molecule has 0 aliphatic carbocycles. The first-order chi connectivity index (χ1) is 13.8. The van der Waals surface area contributed by atoms with Gasteiger partial charge in [0.1, 0.15) is 24.2 Å². The van der Waals surface area contributed by atoms with Crippen molar-refractivity contribution in [1.82, 2.24) is 5.32 Å². The third-order valence-electron chi connectivity index (χ3n) is 5.02. The van der Waals surface area contributed by atoms with Crippen molar-refractivity contribution in [3.8, 4) is 11.5 Å². The second-order valence-corrected chi connectivity index (χ2v) is 8.26. The lowest BCUT2D eigenvalue weighted by Crippen LogP contribution is -2.35. The summed E-state index contributed by atoms with van der Waals surface area (Å²) in [5.41, 5.74) is 2.92. The second-order valence-electron chi connectivity index (χ2n) is 8.26. The number of esters is 1. The van der Waals surface area contributed by atoms with Crippen molar-refractivity contribution in [3.05, 3.63) is 22.8 Å². The minimum atomic E-state index is -0.577. The number of carbonyl (C=O) groups is 1. The Morgan fingerprint density at radius 3 is 2.41 bits per heavy atom. The van der Waals surface area contributed by atoms with Crippen LogP contribution in [0.3, 0.4) is 0 Å². The van der Waals surface area contributed by atoms with E-state index in [1.165, 1.54) is 39.0 Å². The molecule has 0 saturated carbocycles. The number of aliphatic hydroxyl groups is 1. The standard InChI is InChI=1S/C24H41NO4/c1-7-8-9-10-11-12-13-22-19(5)23(14-18(4)24(22)29-20(6)26)28-16-21(27)15-25-17(2)3/h14,17,21,25,27H,7-13,15-16H2,1-6H3. The van der Waals surface area contributed by atoms with Gasteiger partial charge in [0.25, 0.3) is 0 Å². The number of hydrogen-bond donors (Lipinski definition) is 2. The van der Waals surface area contributed by atoms with E-state index >= 15 is 0 Å². The molecule has 1 rings (SSSR count). The Labute approximate surface area is 177 Å². The van der Waals surface area contributed by atoms with E-state index in [0.29, 0.717) is 18.3 Å². The van der Waals surface area contributed by atoms with Crippen LogP contribution in [0.15, 0.2) is 6.07 Å². The Morgan fingerprint density at radius 1 is 1.14 bits per heavy atom. The zero-order chi connectivity index (χ0) is 21.8. The molecule has 0 spiro atoms. The van der Waals surface area contributed by atoms with Crippen LogP contribution in [0.2, 0.25) is 0 Å². The van der Waals surface area contributed by atoms with Crippen LogP contribution in [0.4, 0.5) is 0 Å². The lowest BCUT2D eigenvalue weighted by atomic mass is 9.96. The normalized spacial score (nSPS) is 12.3. The second kappa shape index (κ2) is 13.6. The van der Waals surface area contributed by atoms with Crippen LogP contribution < -0.4 is 14.8 Å². The number of aryl methyl sites for hydroxylation is 1. The van der Waals surface area contributed by atoms with Gasteiger partial charge in [0.2, 0.25) is 0 Å². The summed E-state index contributed by atoms with van der Waals surface area (Å²) in [7, 11) is 0. The fourth-order valence-electron chi connectivity index (χ4n) is 3.36. The molecule has 0 aliphatic heterocycles. The molecule has 0 aromatic heterocycles. The number of rotatable bonds is 14. The van der Waals surface area contributed by atoms with Gasteiger partial charge in [-0.2, -0.15) is 0 Å². The van der Waals surface area contributed by atoms with Gasteiger partial charge in [0, 0.05) is 25.1 Å². The van der Waals surface area contributed by atoms with E-state index in [2.05, 4.69) is 12.2 Å². The van der Waals surface area contributed by atoms with Gasteiger partial charge in [-0.3, -0.25) is 4.79 Å². The van der Waals surface area contributed by atoms with Gasteiger partial charge < -0.3 is 19.9 Å². The molecule has 166 valence electrons. The largest absolute Gasteiger partial charge is 0.491 e. The third kappa shape index (κ3) is 9.64. The molecule has 29 heavy (non-hydrogen) atoms. The number of ether oxygens (including phenoxy) is 2. The average Bonchev–Trinajstić information content (AvgIpc) is 2.65. The van der Waals surface area contributed by atoms with Crippen molar-refractivity contribution in [2.24, 2.45) is 0 Å². The Morgan fingerprint density at radius 2 is 1.79 bits per heavy atom. The van der Waals surface area contributed by atoms with Gasteiger partial charge in [-0.05, 0) is 43.9 Å². The monoisotopic (exact) mass is 407 g/mol. The summed E-state index contributed by atoms with van der Waals surface area (Å²) in [5.74, 6) is 1.11. The zero-order valence-corrected chi connectivity index (χ0v) is 19.3. The molecular formula is C24H41NO4. The maximum Gasteiger partial charge on any atom is 0.308 e. The van der Waals surface area contributed by atoms with Crippen LogP contribution in [0.1, 0.15) is 82.9 Å². The van der Waals surface area contributed by atoms with Crippen LogP contribution in [0.25, 0.3) is 0 Å². The van der Waals surface area contributed by atoms with Crippen molar-refractivity contribution in [1.29, 1.82) is 0 Å². The van der Waals surface area contributed by atoms with Crippen LogP contribution in [-0.2, 0) is 11.2 Å². The van der Waals surface area contributed by atoms with Crippen molar-refractivity contribution >= 4 is 5.97 Å². The zero-order valence-electron chi connectivity index (χ0n) is 19.3. The Balaban J connectivity index is 2.87. The van der Waals surface area contributed by atoms with E-state index in [4.69, 9.17) is 9.47 Å². The van der Waals surface area contributed by atoms with E-state index < -0.39 is 6.10 Å². The molecule has 0 bridgehead atoms. The van der Waals surface area contributed by atoms with Crippen LogP contribution in [-0.4, -0.2) is 36.4 Å². The molecule has 1 aromatic carbocycles. The summed E-state index contributed by atoms with van der Waals surface area (Å²) in [6, 6.07) is 2.22. The Kier molecular flexibility index (Phi) is 11.9. The number of nitrogens with one attached hydrogen (secondary N) is 1. The predicted octanol–water partition coefficient (Wildman–Crippen LogP) is 4.87. The number of unbranched alkanes of at least 4 members (excludes halogenated alkanes) is 5. The first-order valence-corrected chi connectivity index (χ1v) is 11.1. The molecule has 0 amide bonds. The lowest BCUT2D eigenvalue weighted by Gasteiger charge is -2.20. The fraction of sp³-hybridized carbons (Fsp3) is 0.708. The van der Waals surface area contributed by atoms with E-state index in [9.17, 15) is 9.90 Å². The molecule has 0 fully saturated rings. The minimum absolute atomic E-state index is 0.226. The van der Waals surface area contributed by atoms with Crippen molar-refractivity contribution in [3.63, 3.8) is 0 Å². The van der Waals surface area contributed by atoms with Gasteiger partial charge in [-0.1, -0.05) is 52.9 Å². The van der Waals surface area contributed by atoms with Crippen LogP contribution in [0, 0.1) is 13.8 Å². The van der Waals surface area contributed by atoms with Crippen molar-refractivity contribution < 1.29 is 19.4 Å². The van der Waals surface area contributed by atoms with Crippen LogP contribution in [0.5, 0.6) is 11.5 Å². The lowest BCUT2D eigenvalue weighted by molar-refractivity contribution is -0.132. The van der Waals surface area contributed by atoms with E-state index in [0.717, 1.165) is 35.3 Å². The molecule has 2 N–H and O–H groups in total. The maximum atomic E-state index is 11.6. The Bertz CT molecular complexity index is 628. The van der Waals surface area contributed by atoms with Crippen molar-refractivity contribution in [2.75, 3.05) is 13.2 Å². The molecule has 5 heteroatoms. The Hall–Kier alpha value is -1.59. The number of carbonyl (C=O) groups excluding carboxylic acids is 1. The summed E-state index contributed by atoms with van der Waals surface area (Å²) >= 11 is 0. The number of hydrogen-bond acceptors (Lipinski definition) is 5.